The Kier molecular flexibility index (Phi) is 5.98. The van der Waals surface area contributed by atoms with Crippen LogP contribution in [0.1, 0.15) is 11.6 Å². The number of aliphatic carboxylic acids is 1. The summed E-state index contributed by atoms with van der Waals surface area (Å²) in [6.07, 6.45) is 0. The summed E-state index contributed by atoms with van der Waals surface area (Å²) in [5.41, 5.74) is 7.19. The minimum absolute atomic E-state index is 0.0470. The Morgan fingerprint density at radius 2 is 2.13 bits per heavy atom. The molecule has 0 spiro atoms. The molecule has 1 fully saturated rings. The summed E-state index contributed by atoms with van der Waals surface area (Å²) in [5, 5.41) is 23.6. The highest BCUT2D eigenvalue weighted by atomic mass is 32.2. The quantitative estimate of drug-likeness (QED) is 0.371. The van der Waals surface area contributed by atoms with Gasteiger partial charge < -0.3 is 16.2 Å². The van der Waals surface area contributed by atoms with Gasteiger partial charge in [-0.15, -0.1) is 16.9 Å². The van der Waals surface area contributed by atoms with Gasteiger partial charge in [-0.3, -0.25) is 14.5 Å². The maximum atomic E-state index is 12.8. The van der Waals surface area contributed by atoms with Crippen LogP contribution in [0.15, 0.2) is 46.8 Å². The number of thioether (sulfide) groups is 2. The van der Waals surface area contributed by atoms with Gasteiger partial charge in [-0.25, -0.2) is 9.48 Å². The Balaban J connectivity index is 1.46. The number of tetrazole rings is 1. The summed E-state index contributed by atoms with van der Waals surface area (Å²) in [5.74, 6) is -1.40. The molecule has 1 unspecified atom stereocenters. The van der Waals surface area contributed by atoms with Gasteiger partial charge in [0.1, 0.15) is 23.2 Å². The van der Waals surface area contributed by atoms with Crippen LogP contribution in [0.2, 0.25) is 0 Å². The Morgan fingerprint density at radius 1 is 1.39 bits per heavy atom. The fourth-order valence-electron chi connectivity index (χ4n) is 3.34. The van der Waals surface area contributed by atoms with Crippen LogP contribution in [-0.2, 0) is 21.4 Å². The molecule has 1 aromatic heterocycles. The van der Waals surface area contributed by atoms with E-state index in [1.54, 1.807) is 31.3 Å². The minimum atomic E-state index is -1.18. The van der Waals surface area contributed by atoms with E-state index < -0.39 is 35.2 Å². The van der Waals surface area contributed by atoms with E-state index in [0.717, 1.165) is 0 Å². The second-order valence-electron chi connectivity index (χ2n) is 6.92. The monoisotopic (exact) mass is 461 g/mol. The molecular weight excluding hydrogens is 442 g/mol. The van der Waals surface area contributed by atoms with Gasteiger partial charge in [0.15, 0.2) is 0 Å². The first-order valence-electron chi connectivity index (χ1n) is 9.24. The summed E-state index contributed by atoms with van der Waals surface area (Å²) in [7, 11) is 1.69. The van der Waals surface area contributed by atoms with E-state index in [0.29, 0.717) is 27.8 Å². The van der Waals surface area contributed by atoms with Crippen LogP contribution >= 0.6 is 23.5 Å². The number of carbonyl (C=O) groups is 3. The van der Waals surface area contributed by atoms with Crippen LogP contribution in [0.5, 0.6) is 0 Å². The van der Waals surface area contributed by atoms with E-state index >= 15 is 0 Å². The summed E-state index contributed by atoms with van der Waals surface area (Å²) in [6, 6.07) is 7.09. The fourth-order valence-corrected chi connectivity index (χ4v) is 5.68. The van der Waals surface area contributed by atoms with Gasteiger partial charge >= 0.3 is 5.97 Å². The number of amides is 2. The van der Waals surface area contributed by atoms with Crippen LogP contribution in [0.25, 0.3) is 0 Å². The molecule has 0 aliphatic carbocycles. The lowest BCUT2D eigenvalue weighted by molar-refractivity contribution is -0.150. The molecule has 4 N–H and O–H groups in total. The molecule has 2 amide bonds. The highest BCUT2D eigenvalue weighted by molar-refractivity contribution is 8.01. The predicted octanol–water partition coefficient (Wildman–Crippen LogP) is -0.259. The number of hydrogen-bond donors (Lipinski definition) is 3. The standard InChI is InChI=1S/C18H19N7O4S2/c1-24-18(21-22-23-24)31-8-10-7-30-16-12(15(27)25(16)13(10)17(28)29)20-14(26)11(19)9-5-3-2-4-6-9/h2-6,11-12,16H,7-8,19H2,1H3,(H,20,26)(H,28,29)/t11-,12?,16-/m1/s1. The van der Waals surface area contributed by atoms with Gasteiger partial charge in [0, 0.05) is 18.6 Å². The molecule has 1 saturated heterocycles. The van der Waals surface area contributed by atoms with E-state index in [2.05, 4.69) is 20.8 Å². The maximum Gasteiger partial charge on any atom is 0.352 e. The van der Waals surface area contributed by atoms with Crippen LogP contribution in [0.4, 0.5) is 0 Å². The summed E-state index contributed by atoms with van der Waals surface area (Å²) in [4.78, 5) is 38.5. The van der Waals surface area contributed by atoms with Crippen LogP contribution in [-0.4, -0.2) is 70.9 Å². The first-order valence-corrected chi connectivity index (χ1v) is 11.3. The highest BCUT2D eigenvalue weighted by Crippen LogP contribution is 2.41. The zero-order valence-corrected chi connectivity index (χ0v) is 18.0. The number of aromatic nitrogens is 4. The number of nitrogens with zero attached hydrogens (tertiary/aromatic N) is 5. The molecule has 3 atom stereocenters. The number of carboxylic acid groups (broad SMARTS) is 1. The molecule has 2 aliphatic heterocycles. The lowest BCUT2D eigenvalue weighted by Crippen LogP contribution is -2.71. The number of carboxylic acids is 1. The predicted molar refractivity (Wildman–Crippen MR) is 113 cm³/mol. The maximum absolute atomic E-state index is 12.8. The normalized spacial score (nSPS) is 21.4. The third-order valence-electron chi connectivity index (χ3n) is 4.95. The zero-order valence-electron chi connectivity index (χ0n) is 16.3. The van der Waals surface area contributed by atoms with Gasteiger partial charge in [0.25, 0.3) is 5.91 Å². The molecule has 0 radical (unpaired) electrons. The molecule has 11 nitrogen and oxygen atoms in total. The fraction of sp³-hybridized carbons (Fsp3) is 0.333. The Hall–Kier alpha value is -2.90. The molecule has 13 heteroatoms. The Labute approximate surface area is 185 Å². The number of nitrogens with two attached hydrogens (primary N) is 1. The van der Waals surface area contributed by atoms with E-state index in [1.165, 1.54) is 33.1 Å². The number of carbonyl (C=O) groups excluding carboxylic acids is 2. The molecule has 2 aliphatic rings. The van der Waals surface area contributed by atoms with Crippen molar-refractivity contribution in [3.63, 3.8) is 0 Å². The van der Waals surface area contributed by atoms with Gasteiger partial charge in [0.2, 0.25) is 11.1 Å². The number of nitrogens with one attached hydrogen (secondary N) is 1. The van der Waals surface area contributed by atoms with Crippen molar-refractivity contribution in [2.45, 2.75) is 22.6 Å². The highest BCUT2D eigenvalue weighted by Gasteiger charge is 2.54. The SMILES string of the molecule is Cn1nnnc1SCC1=C(C(=O)O)N2C(=O)C(NC(=O)[C@H](N)c3ccccc3)[C@H]2SC1. The summed E-state index contributed by atoms with van der Waals surface area (Å²) < 4.78 is 1.49. The van der Waals surface area contributed by atoms with Crippen molar-refractivity contribution in [3.8, 4) is 0 Å². The lowest BCUT2D eigenvalue weighted by atomic mass is 10.0. The third-order valence-corrected chi connectivity index (χ3v) is 7.38. The zero-order chi connectivity index (χ0) is 22.1. The third kappa shape index (κ3) is 4.03. The first-order chi connectivity index (χ1) is 14.9. The van der Waals surface area contributed by atoms with Crippen LogP contribution in [0.3, 0.4) is 0 Å². The largest absolute Gasteiger partial charge is 0.477 e. The van der Waals surface area contributed by atoms with Crippen molar-refractivity contribution in [3.05, 3.63) is 47.2 Å². The molecule has 3 heterocycles. The van der Waals surface area contributed by atoms with Crippen LogP contribution in [0, 0.1) is 0 Å². The second-order valence-corrected chi connectivity index (χ2v) is 8.96. The van der Waals surface area contributed by atoms with Crippen molar-refractivity contribution in [1.82, 2.24) is 30.4 Å². The van der Waals surface area contributed by atoms with Gasteiger partial charge in [0.05, 0.1) is 0 Å². The number of aryl methyl sites for hydroxylation is 1. The average molecular weight is 462 g/mol. The Bertz CT molecular complexity index is 1060. The van der Waals surface area contributed by atoms with Gasteiger partial charge in [-0.1, -0.05) is 42.1 Å². The lowest BCUT2D eigenvalue weighted by Gasteiger charge is -2.49. The molecular formula is C18H19N7O4S2. The number of rotatable bonds is 7. The van der Waals surface area contributed by atoms with Crippen molar-refractivity contribution in [2.24, 2.45) is 12.8 Å². The number of fused-ring (bicyclic) bond motifs is 1. The molecule has 0 saturated carbocycles. The van der Waals surface area contributed by atoms with E-state index in [-0.39, 0.29) is 5.70 Å². The smallest absolute Gasteiger partial charge is 0.352 e. The first kappa shape index (κ1) is 21.3. The topological polar surface area (TPSA) is 156 Å². The molecule has 2 aromatic rings. The summed E-state index contributed by atoms with van der Waals surface area (Å²) in [6.45, 7) is 0. The molecule has 162 valence electrons. The number of benzene rings is 1. The van der Waals surface area contributed by atoms with E-state index in [4.69, 9.17) is 5.73 Å². The molecule has 0 bridgehead atoms. The summed E-state index contributed by atoms with van der Waals surface area (Å²) >= 11 is 2.69. The molecule has 1 aromatic carbocycles. The molecule has 4 rings (SSSR count). The second kappa shape index (κ2) is 8.69. The van der Waals surface area contributed by atoms with Crippen LogP contribution < -0.4 is 11.1 Å². The van der Waals surface area contributed by atoms with Gasteiger partial charge in [-0.2, -0.15) is 0 Å². The number of β-lactam (4-membered cyclic amide) rings is 1. The number of hydrogen-bond acceptors (Lipinski definition) is 9. The van der Waals surface area contributed by atoms with Crippen molar-refractivity contribution < 1.29 is 19.5 Å². The van der Waals surface area contributed by atoms with Crippen molar-refractivity contribution >= 4 is 41.3 Å². The van der Waals surface area contributed by atoms with Crippen molar-refractivity contribution in [2.75, 3.05) is 11.5 Å². The molecule has 31 heavy (non-hydrogen) atoms. The van der Waals surface area contributed by atoms with E-state index in [1.807, 2.05) is 6.07 Å². The Morgan fingerprint density at radius 3 is 2.77 bits per heavy atom. The van der Waals surface area contributed by atoms with E-state index in [9.17, 15) is 19.5 Å². The van der Waals surface area contributed by atoms with Gasteiger partial charge in [-0.05, 0) is 21.6 Å². The average Bonchev–Trinajstić information content (AvgIpc) is 3.19. The minimum Gasteiger partial charge on any atom is -0.477 e. The van der Waals surface area contributed by atoms with Crippen molar-refractivity contribution in [1.29, 1.82) is 0 Å².